The highest BCUT2D eigenvalue weighted by atomic mass is 35.5. The molecule has 0 aliphatic rings. The van der Waals surface area contributed by atoms with Crippen molar-refractivity contribution in [1.29, 1.82) is 5.26 Å². The Morgan fingerprint density at radius 1 is 1.32 bits per heavy atom. The minimum absolute atomic E-state index is 0.490. The lowest BCUT2D eigenvalue weighted by Gasteiger charge is -2.14. The highest BCUT2D eigenvalue weighted by Crippen LogP contribution is 2.31. The van der Waals surface area contributed by atoms with Gasteiger partial charge in [-0.05, 0) is 42.3 Å². The van der Waals surface area contributed by atoms with Gasteiger partial charge in [0.05, 0.1) is 35.0 Å². The minimum Gasteiger partial charge on any atom is -0.495 e. The second-order valence-electron chi connectivity index (χ2n) is 5.71. The number of pyridine rings is 1. The Hall–Kier alpha value is -2.97. The van der Waals surface area contributed by atoms with Crippen LogP contribution in [0.25, 0.3) is 10.9 Å². The number of hydrogen-bond donors (Lipinski definition) is 2. The maximum absolute atomic E-state index is 9.20. The Bertz CT molecular complexity index is 995. The molecule has 0 fully saturated rings. The number of benzene rings is 2. The number of fused-ring (bicyclic) bond motifs is 1. The van der Waals surface area contributed by atoms with Gasteiger partial charge in [-0.1, -0.05) is 17.7 Å². The van der Waals surface area contributed by atoms with Gasteiger partial charge >= 0.3 is 0 Å². The molecule has 3 rings (SSSR count). The maximum Gasteiger partial charge on any atom is 0.137 e. The minimum atomic E-state index is 0.490. The van der Waals surface area contributed by atoms with Crippen molar-refractivity contribution in [3.8, 4) is 11.8 Å². The molecule has 0 bridgehead atoms. The average molecular weight is 353 g/mol. The van der Waals surface area contributed by atoms with Crippen LogP contribution in [0.1, 0.15) is 16.7 Å². The first-order valence-electron chi connectivity index (χ1n) is 7.68. The first-order valence-corrected chi connectivity index (χ1v) is 8.06. The molecule has 0 unspecified atom stereocenters. The number of nitriles is 1. The molecule has 3 N–H and O–H groups in total. The van der Waals surface area contributed by atoms with E-state index in [0.29, 0.717) is 34.1 Å². The molecule has 0 aliphatic heterocycles. The van der Waals surface area contributed by atoms with Crippen molar-refractivity contribution >= 4 is 33.9 Å². The van der Waals surface area contributed by atoms with Crippen LogP contribution in [0.15, 0.2) is 36.5 Å². The van der Waals surface area contributed by atoms with Crippen molar-refractivity contribution in [3.63, 3.8) is 0 Å². The van der Waals surface area contributed by atoms with Crippen LogP contribution in [0.4, 0.5) is 11.4 Å². The SMILES string of the molecule is COc1ccc(CNc2c(C)cnc3c(N)cc(C#N)cc23)cc1Cl. The van der Waals surface area contributed by atoms with Crippen LogP contribution >= 0.6 is 11.6 Å². The first-order chi connectivity index (χ1) is 12.0. The van der Waals surface area contributed by atoms with E-state index in [9.17, 15) is 5.26 Å². The first kappa shape index (κ1) is 16.9. The fraction of sp³-hybridized carbons (Fsp3) is 0.158. The lowest BCUT2D eigenvalue weighted by atomic mass is 10.1. The van der Waals surface area contributed by atoms with Crippen LogP contribution in [0, 0.1) is 18.3 Å². The summed E-state index contributed by atoms with van der Waals surface area (Å²) >= 11 is 6.18. The molecular formula is C19H17ClN4O. The molecule has 0 saturated carbocycles. The molecule has 2 aromatic carbocycles. The van der Waals surface area contributed by atoms with Crippen LogP contribution in [0.2, 0.25) is 5.02 Å². The number of halogens is 1. The average Bonchev–Trinajstić information content (AvgIpc) is 2.60. The molecule has 5 nitrogen and oxygen atoms in total. The van der Waals surface area contributed by atoms with Crippen LogP contribution < -0.4 is 15.8 Å². The smallest absolute Gasteiger partial charge is 0.137 e. The van der Waals surface area contributed by atoms with E-state index in [-0.39, 0.29) is 0 Å². The van der Waals surface area contributed by atoms with Gasteiger partial charge in [0, 0.05) is 23.8 Å². The van der Waals surface area contributed by atoms with Gasteiger partial charge in [0.2, 0.25) is 0 Å². The third kappa shape index (κ3) is 3.30. The third-order valence-electron chi connectivity index (χ3n) is 4.00. The number of methoxy groups -OCH3 is 1. The van der Waals surface area contributed by atoms with Gasteiger partial charge in [0.15, 0.2) is 0 Å². The highest BCUT2D eigenvalue weighted by molar-refractivity contribution is 6.32. The van der Waals surface area contributed by atoms with Gasteiger partial charge in [-0.25, -0.2) is 0 Å². The van der Waals surface area contributed by atoms with Crippen molar-refractivity contribution in [1.82, 2.24) is 4.98 Å². The standard InChI is InChI=1S/C19H17ClN4O/c1-11-9-23-19-14(5-13(8-21)7-16(19)22)18(11)24-10-12-3-4-17(25-2)15(20)6-12/h3-7,9H,10,22H2,1-2H3,(H,23,24). The Labute approximate surface area is 151 Å². The van der Waals surface area contributed by atoms with Gasteiger partial charge in [-0.2, -0.15) is 5.26 Å². The molecule has 3 aromatic rings. The zero-order valence-corrected chi connectivity index (χ0v) is 14.7. The van der Waals surface area contributed by atoms with E-state index in [0.717, 1.165) is 22.2 Å². The molecule has 0 spiro atoms. The van der Waals surface area contributed by atoms with Gasteiger partial charge < -0.3 is 15.8 Å². The Morgan fingerprint density at radius 3 is 2.80 bits per heavy atom. The monoisotopic (exact) mass is 352 g/mol. The third-order valence-corrected chi connectivity index (χ3v) is 4.30. The quantitative estimate of drug-likeness (QED) is 0.685. The summed E-state index contributed by atoms with van der Waals surface area (Å²) in [4.78, 5) is 4.40. The summed E-state index contributed by atoms with van der Waals surface area (Å²) in [6.07, 6.45) is 1.77. The molecule has 1 aromatic heterocycles. The predicted molar refractivity (Wildman–Crippen MR) is 101 cm³/mol. The van der Waals surface area contributed by atoms with Crippen molar-refractivity contribution in [2.75, 3.05) is 18.2 Å². The summed E-state index contributed by atoms with van der Waals surface area (Å²) in [6, 6.07) is 11.2. The number of nitrogens with zero attached hydrogens (tertiary/aromatic N) is 2. The summed E-state index contributed by atoms with van der Waals surface area (Å²) in [5, 5.41) is 14.0. The lowest BCUT2D eigenvalue weighted by Crippen LogP contribution is -2.04. The van der Waals surface area contributed by atoms with E-state index >= 15 is 0 Å². The molecule has 25 heavy (non-hydrogen) atoms. The number of nitrogens with two attached hydrogens (primary N) is 1. The molecule has 0 aliphatic carbocycles. The van der Waals surface area contributed by atoms with Crippen molar-refractivity contribution in [2.24, 2.45) is 0 Å². The molecule has 0 atom stereocenters. The number of rotatable bonds is 4. The maximum atomic E-state index is 9.20. The second kappa shape index (κ2) is 6.88. The molecule has 1 heterocycles. The second-order valence-corrected chi connectivity index (χ2v) is 6.12. The number of hydrogen-bond acceptors (Lipinski definition) is 5. The molecule has 126 valence electrons. The van der Waals surface area contributed by atoms with E-state index in [1.54, 1.807) is 25.4 Å². The van der Waals surface area contributed by atoms with Crippen LogP contribution in [0.3, 0.4) is 0 Å². The van der Waals surface area contributed by atoms with E-state index in [1.165, 1.54) is 0 Å². The fourth-order valence-electron chi connectivity index (χ4n) is 2.74. The summed E-state index contributed by atoms with van der Waals surface area (Å²) in [5.41, 5.74) is 10.6. The zero-order chi connectivity index (χ0) is 18.0. The van der Waals surface area contributed by atoms with Gasteiger partial charge in [-0.15, -0.1) is 0 Å². The van der Waals surface area contributed by atoms with Gasteiger partial charge in [0.25, 0.3) is 0 Å². The van der Waals surface area contributed by atoms with E-state index < -0.39 is 0 Å². The Balaban J connectivity index is 1.98. The van der Waals surface area contributed by atoms with Crippen LogP contribution in [-0.2, 0) is 6.54 Å². The molecule has 6 heteroatoms. The molecule has 0 saturated heterocycles. The zero-order valence-electron chi connectivity index (χ0n) is 13.9. The number of nitrogen functional groups attached to an aromatic ring is 1. The summed E-state index contributed by atoms with van der Waals surface area (Å²) < 4.78 is 5.17. The van der Waals surface area contributed by atoms with Crippen LogP contribution in [0.5, 0.6) is 5.75 Å². The summed E-state index contributed by atoms with van der Waals surface area (Å²) in [7, 11) is 1.59. The topological polar surface area (TPSA) is 84.0 Å². The normalized spacial score (nSPS) is 10.5. The number of anilines is 2. The predicted octanol–water partition coefficient (Wildman–Crippen LogP) is 4.27. The van der Waals surface area contributed by atoms with E-state index in [4.69, 9.17) is 22.1 Å². The fourth-order valence-corrected chi connectivity index (χ4v) is 3.02. The van der Waals surface area contributed by atoms with E-state index in [2.05, 4.69) is 16.4 Å². The van der Waals surface area contributed by atoms with Gasteiger partial charge in [0.1, 0.15) is 5.75 Å². The number of nitrogens with one attached hydrogen (secondary N) is 1. The van der Waals surface area contributed by atoms with Crippen molar-refractivity contribution in [2.45, 2.75) is 13.5 Å². The largest absolute Gasteiger partial charge is 0.495 e. The number of ether oxygens (including phenoxy) is 1. The van der Waals surface area contributed by atoms with Crippen molar-refractivity contribution in [3.05, 3.63) is 58.2 Å². The summed E-state index contributed by atoms with van der Waals surface area (Å²) in [5.74, 6) is 0.641. The van der Waals surface area contributed by atoms with Crippen LogP contribution in [-0.4, -0.2) is 12.1 Å². The molecule has 0 radical (unpaired) electrons. The number of aryl methyl sites for hydroxylation is 1. The van der Waals surface area contributed by atoms with E-state index in [1.807, 2.05) is 25.1 Å². The van der Waals surface area contributed by atoms with Gasteiger partial charge in [-0.3, -0.25) is 4.98 Å². The highest BCUT2D eigenvalue weighted by Gasteiger charge is 2.11. The lowest BCUT2D eigenvalue weighted by molar-refractivity contribution is 0.415. The Morgan fingerprint density at radius 2 is 2.12 bits per heavy atom. The molecule has 0 amide bonds. The Kier molecular flexibility index (Phi) is 4.64. The number of aromatic nitrogens is 1. The molecular weight excluding hydrogens is 336 g/mol. The van der Waals surface area contributed by atoms with Crippen molar-refractivity contribution < 1.29 is 4.74 Å². The summed E-state index contributed by atoms with van der Waals surface area (Å²) in [6.45, 7) is 2.53.